The minimum absolute atomic E-state index is 0.235. The van der Waals surface area contributed by atoms with E-state index in [9.17, 15) is 0 Å². The topological polar surface area (TPSA) is 18.5 Å². The van der Waals surface area contributed by atoms with Gasteiger partial charge in [-0.3, -0.25) is 0 Å². The van der Waals surface area contributed by atoms with Crippen molar-refractivity contribution >= 4 is 0 Å². The molecule has 0 spiro atoms. The minimum Gasteiger partial charge on any atom is -0.381 e. The third-order valence-electron chi connectivity index (χ3n) is 5.21. The first-order valence-corrected chi connectivity index (χ1v) is 7.71. The highest BCUT2D eigenvalue weighted by Gasteiger charge is 2.35. The Morgan fingerprint density at radius 2 is 1.78 bits per heavy atom. The zero-order chi connectivity index (χ0) is 13.2. The average molecular weight is 254 g/mol. The van der Waals surface area contributed by atoms with Crippen LogP contribution in [0.1, 0.15) is 53.4 Å². The van der Waals surface area contributed by atoms with Crippen molar-refractivity contribution in [2.24, 2.45) is 23.2 Å². The van der Waals surface area contributed by atoms with Gasteiger partial charge in [-0.1, -0.05) is 34.1 Å². The smallest absolute Gasteiger partial charge is 0.0628 e. The van der Waals surface area contributed by atoms with Crippen molar-refractivity contribution < 1.29 is 9.47 Å². The van der Waals surface area contributed by atoms with Crippen LogP contribution < -0.4 is 0 Å². The van der Waals surface area contributed by atoms with Gasteiger partial charge in [-0.25, -0.2) is 0 Å². The predicted octanol–water partition coefficient (Wildman–Crippen LogP) is 3.89. The number of hydrogen-bond donors (Lipinski definition) is 0. The van der Waals surface area contributed by atoms with Crippen LogP contribution in [0.5, 0.6) is 0 Å². The van der Waals surface area contributed by atoms with Crippen LogP contribution in [0, 0.1) is 23.2 Å². The van der Waals surface area contributed by atoms with E-state index < -0.39 is 0 Å². The maximum atomic E-state index is 6.34. The molecule has 2 nitrogen and oxygen atoms in total. The van der Waals surface area contributed by atoms with Crippen LogP contribution in [-0.4, -0.2) is 25.9 Å². The summed E-state index contributed by atoms with van der Waals surface area (Å²) in [7, 11) is 0. The van der Waals surface area contributed by atoms with E-state index >= 15 is 0 Å². The fourth-order valence-corrected chi connectivity index (χ4v) is 3.51. The van der Waals surface area contributed by atoms with Crippen LogP contribution in [0.4, 0.5) is 0 Å². The highest BCUT2D eigenvalue weighted by Crippen LogP contribution is 2.36. The van der Waals surface area contributed by atoms with Gasteiger partial charge in [0.15, 0.2) is 0 Å². The van der Waals surface area contributed by atoms with E-state index in [1.165, 1.54) is 25.7 Å². The van der Waals surface area contributed by atoms with Crippen molar-refractivity contribution in [2.75, 3.05) is 19.8 Å². The highest BCUT2D eigenvalue weighted by molar-refractivity contribution is 4.84. The standard InChI is InChI=1S/C16H30O2/c1-12-7-9-17-10-16(4)8-5-6-13(2)15(14(12)3)18-11-16/h12-15H,5-11H2,1-4H3. The molecule has 0 aliphatic carbocycles. The van der Waals surface area contributed by atoms with Gasteiger partial charge in [0.05, 0.1) is 19.3 Å². The van der Waals surface area contributed by atoms with Gasteiger partial charge >= 0.3 is 0 Å². The third kappa shape index (κ3) is 3.27. The molecule has 2 aliphatic heterocycles. The zero-order valence-corrected chi connectivity index (χ0v) is 12.6. The van der Waals surface area contributed by atoms with Gasteiger partial charge in [-0.15, -0.1) is 0 Å². The lowest BCUT2D eigenvalue weighted by atomic mass is 9.77. The van der Waals surface area contributed by atoms with Gasteiger partial charge in [-0.05, 0) is 37.0 Å². The molecule has 18 heavy (non-hydrogen) atoms. The van der Waals surface area contributed by atoms with E-state index in [-0.39, 0.29) is 5.41 Å². The molecule has 5 atom stereocenters. The Morgan fingerprint density at radius 1 is 1.00 bits per heavy atom. The summed E-state index contributed by atoms with van der Waals surface area (Å²) >= 11 is 0. The Morgan fingerprint density at radius 3 is 2.56 bits per heavy atom. The maximum Gasteiger partial charge on any atom is 0.0628 e. The van der Waals surface area contributed by atoms with Gasteiger partial charge < -0.3 is 9.47 Å². The molecular formula is C16H30O2. The largest absolute Gasteiger partial charge is 0.381 e. The molecule has 2 rings (SSSR count). The summed E-state index contributed by atoms with van der Waals surface area (Å²) < 4.78 is 12.2. The minimum atomic E-state index is 0.235. The van der Waals surface area contributed by atoms with Gasteiger partial charge in [-0.2, -0.15) is 0 Å². The van der Waals surface area contributed by atoms with Crippen LogP contribution in [0.15, 0.2) is 0 Å². The molecule has 0 radical (unpaired) electrons. The quantitative estimate of drug-likeness (QED) is 0.653. The summed E-state index contributed by atoms with van der Waals surface area (Å²) in [5, 5.41) is 0. The summed E-state index contributed by atoms with van der Waals surface area (Å²) in [4.78, 5) is 0. The molecule has 0 aromatic rings. The Kier molecular flexibility index (Phi) is 4.71. The second-order valence-electron chi connectivity index (χ2n) is 7.13. The first-order chi connectivity index (χ1) is 8.52. The molecule has 2 heterocycles. The average Bonchev–Trinajstić information content (AvgIpc) is 2.32. The van der Waals surface area contributed by atoms with E-state index in [2.05, 4.69) is 27.7 Å². The van der Waals surface area contributed by atoms with Crippen LogP contribution >= 0.6 is 0 Å². The van der Waals surface area contributed by atoms with E-state index in [1.807, 2.05) is 0 Å². The SMILES string of the molecule is CC1CCOCC2(C)CCCC(C)C(OC2)C1C. The lowest BCUT2D eigenvalue weighted by Crippen LogP contribution is -2.41. The summed E-state index contributed by atoms with van der Waals surface area (Å²) in [6, 6.07) is 0. The summed E-state index contributed by atoms with van der Waals surface area (Å²) in [6.07, 6.45) is 5.48. The predicted molar refractivity (Wildman–Crippen MR) is 74.6 cm³/mol. The van der Waals surface area contributed by atoms with Gasteiger partial charge in [0, 0.05) is 12.0 Å². The molecule has 2 fully saturated rings. The van der Waals surface area contributed by atoms with Crippen molar-refractivity contribution in [3.8, 4) is 0 Å². The number of hydrogen-bond acceptors (Lipinski definition) is 2. The Labute approximate surface area is 112 Å². The summed E-state index contributed by atoms with van der Waals surface area (Å²) in [6.45, 7) is 12.1. The Balaban J connectivity index is 2.15. The maximum absolute atomic E-state index is 6.34. The molecule has 2 heteroatoms. The lowest BCUT2D eigenvalue weighted by Gasteiger charge is -2.41. The van der Waals surface area contributed by atoms with Gasteiger partial charge in [0.1, 0.15) is 0 Å². The van der Waals surface area contributed by atoms with Crippen molar-refractivity contribution in [3.05, 3.63) is 0 Å². The summed E-state index contributed by atoms with van der Waals surface area (Å²) in [5.74, 6) is 2.04. The molecule has 0 amide bonds. The van der Waals surface area contributed by atoms with E-state index in [0.29, 0.717) is 23.9 Å². The van der Waals surface area contributed by atoms with Gasteiger partial charge in [0.25, 0.3) is 0 Å². The van der Waals surface area contributed by atoms with Crippen molar-refractivity contribution in [1.82, 2.24) is 0 Å². The molecule has 5 unspecified atom stereocenters. The van der Waals surface area contributed by atoms with Crippen LogP contribution in [0.3, 0.4) is 0 Å². The third-order valence-corrected chi connectivity index (χ3v) is 5.21. The Hall–Kier alpha value is -0.0800. The lowest BCUT2D eigenvalue weighted by molar-refractivity contribution is -0.112. The van der Waals surface area contributed by atoms with Crippen LogP contribution in [0.2, 0.25) is 0 Å². The molecule has 0 N–H and O–H groups in total. The first kappa shape index (κ1) is 14.3. The van der Waals surface area contributed by atoms with E-state index in [1.54, 1.807) is 0 Å². The first-order valence-electron chi connectivity index (χ1n) is 7.71. The van der Waals surface area contributed by atoms with E-state index in [4.69, 9.17) is 9.47 Å². The molecule has 0 aromatic carbocycles. The molecule has 2 bridgehead atoms. The second-order valence-corrected chi connectivity index (χ2v) is 7.13. The van der Waals surface area contributed by atoms with Gasteiger partial charge in [0.2, 0.25) is 0 Å². The molecule has 2 saturated heterocycles. The second kappa shape index (κ2) is 5.92. The van der Waals surface area contributed by atoms with Crippen molar-refractivity contribution in [1.29, 1.82) is 0 Å². The normalized spacial score (nSPS) is 47.3. The molecule has 106 valence electrons. The van der Waals surface area contributed by atoms with Crippen molar-refractivity contribution in [2.45, 2.75) is 59.5 Å². The van der Waals surface area contributed by atoms with Crippen LogP contribution in [0.25, 0.3) is 0 Å². The van der Waals surface area contributed by atoms with Crippen molar-refractivity contribution in [3.63, 3.8) is 0 Å². The molecule has 0 saturated carbocycles. The highest BCUT2D eigenvalue weighted by atomic mass is 16.5. The van der Waals surface area contributed by atoms with Crippen LogP contribution in [-0.2, 0) is 9.47 Å². The molecule has 0 aromatic heterocycles. The fourth-order valence-electron chi connectivity index (χ4n) is 3.51. The molecule has 2 aliphatic rings. The fraction of sp³-hybridized carbons (Fsp3) is 1.00. The zero-order valence-electron chi connectivity index (χ0n) is 12.6. The summed E-state index contributed by atoms with van der Waals surface area (Å²) in [5.41, 5.74) is 0.235. The van der Waals surface area contributed by atoms with E-state index in [0.717, 1.165) is 19.8 Å². The Bertz CT molecular complexity index is 266. The number of rotatable bonds is 0. The number of fused-ring (bicyclic) bond motifs is 3. The number of ether oxygens (including phenoxy) is 2. The molecular weight excluding hydrogens is 224 g/mol. The monoisotopic (exact) mass is 254 g/mol.